The van der Waals surface area contributed by atoms with E-state index in [1.807, 2.05) is 25.6 Å². The molecule has 18 heavy (non-hydrogen) atoms. The van der Waals surface area contributed by atoms with Crippen molar-refractivity contribution in [3.8, 4) is 0 Å². The Kier molecular flexibility index (Phi) is 3.71. The molecule has 1 aromatic heterocycles. The van der Waals surface area contributed by atoms with Gasteiger partial charge in [-0.25, -0.2) is 0 Å². The molecule has 100 valence electrons. The van der Waals surface area contributed by atoms with Crippen LogP contribution in [0, 0.1) is 13.8 Å². The number of aryl methyl sites for hydroxylation is 2. The highest BCUT2D eigenvalue weighted by molar-refractivity contribution is 5.79. The first kappa shape index (κ1) is 13.1. The number of piperidine rings is 1. The second-order valence-electron chi connectivity index (χ2n) is 5.09. The minimum Gasteiger partial charge on any atom is -0.391 e. The number of aromatic nitrogens is 2. The smallest absolute Gasteiger partial charge is 0.227 e. The minimum absolute atomic E-state index is 0.0907. The van der Waals surface area contributed by atoms with Crippen LogP contribution in [0.4, 0.5) is 0 Å². The van der Waals surface area contributed by atoms with Gasteiger partial charge in [0.05, 0.1) is 18.2 Å². The number of aliphatic hydroxyl groups is 1. The van der Waals surface area contributed by atoms with Crippen molar-refractivity contribution in [1.82, 2.24) is 14.7 Å². The van der Waals surface area contributed by atoms with Crippen molar-refractivity contribution in [3.05, 3.63) is 17.0 Å². The molecule has 1 aliphatic rings. The highest BCUT2D eigenvalue weighted by atomic mass is 16.3. The number of carbonyl (C=O) groups is 1. The number of aliphatic hydroxyl groups excluding tert-OH is 1. The summed E-state index contributed by atoms with van der Waals surface area (Å²) < 4.78 is 1.81. The lowest BCUT2D eigenvalue weighted by atomic mass is 10.1. The van der Waals surface area contributed by atoms with Gasteiger partial charge in [0, 0.05) is 31.4 Å². The van der Waals surface area contributed by atoms with E-state index in [-0.39, 0.29) is 12.0 Å². The van der Waals surface area contributed by atoms with Crippen molar-refractivity contribution >= 4 is 5.91 Å². The number of likely N-dealkylation sites (tertiary alicyclic amines) is 1. The van der Waals surface area contributed by atoms with E-state index >= 15 is 0 Å². The Hall–Kier alpha value is -1.36. The number of rotatable bonds is 2. The number of carbonyl (C=O) groups excluding carboxylic acids is 1. The minimum atomic E-state index is -0.362. The predicted octanol–water partition coefficient (Wildman–Crippen LogP) is 0.563. The molecule has 2 rings (SSSR count). The van der Waals surface area contributed by atoms with Gasteiger partial charge >= 0.3 is 0 Å². The van der Waals surface area contributed by atoms with Crippen LogP contribution in [-0.4, -0.2) is 44.9 Å². The molecular formula is C13H21N3O2. The lowest BCUT2D eigenvalue weighted by molar-refractivity contribution is -0.133. The molecule has 1 aromatic rings. The van der Waals surface area contributed by atoms with Crippen LogP contribution < -0.4 is 0 Å². The molecule has 0 bridgehead atoms. The Morgan fingerprint density at radius 3 is 2.78 bits per heavy atom. The molecule has 0 aromatic carbocycles. The van der Waals surface area contributed by atoms with Gasteiger partial charge in [0.25, 0.3) is 0 Å². The van der Waals surface area contributed by atoms with Crippen LogP contribution in [0.1, 0.15) is 29.8 Å². The highest BCUT2D eigenvalue weighted by Gasteiger charge is 2.23. The van der Waals surface area contributed by atoms with Gasteiger partial charge in [-0.1, -0.05) is 0 Å². The lowest BCUT2D eigenvalue weighted by Crippen LogP contribution is -2.42. The Balaban J connectivity index is 2.06. The summed E-state index contributed by atoms with van der Waals surface area (Å²) in [5.74, 6) is 0.0907. The average Bonchev–Trinajstić information content (AvgIpc) is 2.56. The second-order valence-corrected chi connectivity index (χ2v) is 5.09. The summed E-state index contributed by atoms with van der Waals surface area (Å²) in [6, 6.07) is 0. The maximum absolute atomic E-state index is 12.2. The van der Waals surface area contributed by atoms with Crippen molar-refractivity contribution in [2.24, 2.45) is 7.05 Å². The first-order valence-electron chi connectivity index (χ1n) is 6.44. The van der Waals surface area contributed by atoms with E-state index in [0.717, 1.165) is 36.3 Å². The van der Waals surface area contributed by atoms with Crippen molar-refractivity contribution in [1.29, 1.82) is 0 Å². The molecule has 0 spiro atoms. The fourth-order valence-electron chi connectivity index (χ4n) is 2.52. The largest absolute Gasteiger partial charge is 0.391 e. The van der Waals surface area contributed by atoms with Crippen LogP contribution in [0.25, 0.3) is 0 Å². The molecule has 1 amide bonds. The monoisotopic (exact) mass is 251 g/mol. The quantitative estimate of drug-likeness (QED) is 0.835. The van der Waals surface area contributed by atoms with E-state index in [2.05, 4.69) is 5.10 Å². The molecule has 1 atom stereocenters. The third-order valence-electron chi connectivity index (χ3n) is 3.74. The Bertz CT molecular complexity index is 453. The number of β-amino-alcohol motifs (C(OH)–C–C–N with tert-alkyl or cyclic N) is 1. The van der Waals surface area contributed by atoms with Crippen molar-refractivity contribution < 1.29 is 9.90 Å². The first-order valence-corrected chi connectivity index (χ1v) is 6.44. The number of hydrogen-bond donors (Lipinski definition) is 1. The summed E-state index contributed by atoms with van der Waals surface area (Å²) in [5.41, 5.74) is 2.97. The van der Waals surface area contributed by atoms with Gasteiger partial charge in [0.1, 0.15) is 0 Å². The van der Waals surface area contributed by atoms with E-state index in [9.17, 15) is 9.90 Å². The summed E-state index contributed by atoms with van der Waals surface area (Å²) in [7, 11) is 1.89. The van der Waals surface area contributed by atoms with Crippen LogP contribution in [0.5, 0.6) is 0 Å². The second kappa shape index (κ2) is 5.10. The van der Waals surface area contributed by atoms with E-state index in [4.69, 9.17) is 0 Å². The summed E-state index contributed by atoms with van der Waals surface area (Å²) in [4.78, 5) is 14.0. The molecule has 0 unspecified atom stereocenters. The van der Waals surface area contributed by atoms with Crippen LogP contribution in [0.3, 0.4) is 0 Å². The Morgan fingerprint density at radius 1 is 1.50 bits per heavy atom. The molecule has 2 heterocycles. The van der Waals surface area contributed by atoms with Crippen molar-refractivity contribution in [2.75, 3.05) is 13.1 Å². The lowest BCUT2D eigenvalue weighted by Gasteiger charge is -2.30. The van der Waals surface area contributed by atoms with Gasteiger partial charge < -0.3 is 10.0 Å². The SMILES string of the molecule is Cc1nn(C)c(C)c1CC(=O)N1CCC[C@H](O)C1. The normalized spacial score (nSPS) is 20.2. The number of nitrogens with zero attached hydrogens (tertiary/aromatic N) is 3. The summed E-state index contributed by atoms with van der Waals surface area (Å²) in [6.07, 6.45) is 1.71. The topological polar surface area (TPSA) is 58.4 Å². The summed E-state index contributed by atoms with van der Waals surface area (Å²) in [5, 5.41) is 13.9. The zero-order chi connectivity index (χ0) is 13.3. The van der Waals surface area contributed by atoms with Gasteiger partial charge in [-0.2, -0.15) is 5.10 Å². The Morgan fingerprint density at radius 2 is 2.22 bits per heavy atom. The highest BCUT2D eigenvalue weighted by Crippen LogP contribution is 2.16. The molecule has 5 nitrogen and oxygen atoms in total. The third-order valence-corrected chi connectivity index (χ3v) is 3.74. The van der Waals surface area contributed by atoms with Crippen LogP contribution in [-0.2, 0) is 18.3 Å². The maximum Gasteiger partial charge on any atom is 0.227 e. The summed E-state index contributed by atoms with van der Waals surface area (Å²) in [6.45, 7) is 5.14. The zero-order valence-electron chi connectivity index (χ0n) is 11.3. The fraction of sp³-hybridized carbons (Fsp3) is 0.692. The average molecular weight is 251 g/mol. The van der Waals surface area contributed by atoms with Crippen LogP contribution in [0.2, 0.25) is 0 Å². The van der Waals surface area contributed by atoms with Crippen molar-refractivity contribution in [2.45, 2.75) is 39.2 Å². The van der Waals surface area contributed by atoms with E-state index < -0.39 is 0 Å². The van der Waals surface area contributed by atoms with Gasteiger partial charge in [0.2, 0.25) is 5.91 Å². The van der Waals surface area contributed by atoms with E-state index in [1.165, 1.54) is 0 Å². The molecule has 5 heteroatoms. The van der Waals surface area contributed by atoms with Gasteiger partial charge in [-0.15, -0.1) is 0 Å². The molecule has 1 saturated heterocycles. The van der Waals surface area contributed by atoms with E-state index in [0.29, 0.717) is 13.0 Å². The predicted molar refractivity (Wildman–Crippen MR) is 68.2 cm³/mol. The Labute approximate surface area is 107 Å². The zero-order valence-corrected chi connectivity index (χ0v) is 11.3. The standard InChI is InChI=1S/C13H21N3O2/c1-9-12(10(2)15(3)14-9)7-13(18)16-6-4-5-11(17)8-16/h11,17H,4-8H2,1-3H3/t11-/m0/s1. The maximum atomic E-state index is 12.2. The number of amides is 1. The summed E-state index contributed by atoms with van der Waals surface area (Å²) >= 11 is 0. The van der Waals surface area contributed by atoms with Crippen LogP contribution >= 0.6 is 0 Å². The van der Waals surface area contributed by atoms with Gasteiger partial charge in [0.15, 0.2) is 0 Å². The van der Waals surface area contributed by atoms with Gasteiger partial charge in [-0.3, -0.25) is 9.48 Å². The third kappa shape index (κ3) is 2.56. The fourth-order valence-corrected chi connectivity index (χ4v) is 2.52. The molecule has 0 radical (unpaired) electrons. The van der Waals surface area contributed by atoms with Crippen LogP contribution in [0.15, 0.2) is 0 Å². The molecule has 0 saturated carbocycles. The first-order chi connectivity index (χ1) is 8.49. The molecule has 1 N–H and O–H groups in total. The van der Waals surface area contributed by atoms with E-state index in [1.54, 1.807) is 4.90 Å². The van der Waals surface area contributed by atoms with Gasteiger partial charge in [-0.05, 0) is 26.7 Å². The number of hydrogen-bond acceptors (Lipinski definition) is 3. The molecular weight excluding hydrogens is 230 g/mol. The van der Waals surface area contributed by atoms with Crippen molar-refractivity contribution in [3.63, 3.8) is 0 Å². The molecule has 1 fully saturated rings. The molecule has 0 aliphatic carbocycles. The molecule has 1 aliphatic heterocycles.